The molecule has 2 heteroatoms. The van der Waals surface area contributed by atoms with Crippen molar-refractivity contribution < 1.29 is 0 Å². The largest absolute Gasteiger partial charge is 0.228 e. The number of hydrogen-bond donors (Lipinski definition) is 0. The van der Waals surface area contributed by atoms with Gasteiger partial charge in [0.15, 0.2) is 5.82 Å². The number of fused-ring (bicyclic) bond motifs is 7. The van der Waals surface area contributed by atoms with Crippen molar-refractivity contribution in [1.82, 2.24) is 9.97 Å². The molecule has 0 unspecified atom stereocenters. The fourth-order valence-electron chi connectivity index (χ4n) is 8.32. The Morgan fingerprint density at radius 2 is 0.980 bits per heavy atom. The van der Waals surface area contributed by atoms with Crippen LogP contribution in [0, 0.1) is 0 Å². The third kappa shape index (κ3) is 4.64. The predicted octanol–water partition coefficient (Wildman–Crippen LogP) is 12.9. The molecule has 9 aromatic rings. The van der Waals surface area contributed by atoms with Gasteiger partial charge in [-0.25, -0.2) is 9.97 Å². The van der Waals surface area contributed by atoms with Crippen LogP contribution in [0.5, 0.6) is 0 Å². The maximum Gasteiger partial charge on any atom is 0.161 e. The van der Waals surface area contributed by atoms with Gasteiger partial charge in [-0.15, -0.1) is 0 Å². The molecule has 8 aromatic carbocycles. The zero-order valence-electron chi connectivity index (χ0n) is 28.6. The molecule has 10 rings (SSSR count). The highest BCUT2D eigenvalue weighted by molar-refractivity contribution is 6.11. The topological polar surface area (TPSA) is 25.8 Å². The molecule has 0 aliphatic heterocycles. The van der Waals surface area contributed by atoms with Crippen molar-refractivity contribution >= 4 is 32.3 Å². The summed E-state index contributed by atoms with van der Waals surface area (Å²) in [5.41, 5.74) is 12.8. The van der Waals surface area contributed by atoms with Crippen LogP contribution in [0.3, 0.4) is 0 Å². The minimum absolute atomic E-state index is 0.106. The van der Waals surface area contributed by atoms with Crippen molar-refractivity contribution in [3.05, 3.63) is 181 Å². The molecule has 0 N–H and O–H groups in total. The van der Waals surface area contributed by atoms with Crippen molar-refractivity contribution in [2.45, 2.75) is 19.3 Å². The van der Waals surface area contributed by atoms with Gasteiger partial charge in [-0.05, 0) is 83.9 Å². The van der Waals surface area contributed by atoms with E-state index in [4.69, 9.17) is 9.97 Å². The Labute approximate surface area is 297 Å². The number of nitrogens with zero attached hydrogens (tertiary/aromatic N) is 2. The van der Waals surface area contributed by atoms with Crippen LogP contribution < -0.4 is 0 Å². The molecule has 0 amide bonds. The molecule has 240 valence electrons. The SMILES string of the molecule is CC1(C)c2cccc(-c3ccc(-c4nc(-c5ccccc5)cc(-c5ccc6ccccc6c5)n4)c4ccccc34)c2-c2c1ccc1ccccc21. The summed E-state index contributed by atoms with van der Waals surface area (Å²) in [6, 6.07) is 61.2. The van der Waals surface area contributed by atoms with E-state index in [1.807, 2.05) is 6.07 Å². The van der Waals surface area contributed by atoms with Gasteiger partial charge in [0.05, 0.1) is 11.4 Å². The Morgan fingerprint density at radius 3 is 1.78 bits per heavy atom. The summed E-state index contributed by atoms with van der Waals surface area (Å²) in [6.07, 6.45) is 0. The Hall–Kier alpha value is -6.38. The lowest BCUT2D eigenvalue weighted by atomic mass is 9.81. The van der Waals surface area contributed by atoms with Crippen molar-refractivity contribution in [3.8, 4) is 56.2 Å². The molecule has 2 nitrogen and oxygen atoms in total. The molecule has 0 radical (unpaired) electrons. The molecule has 1 aliphatic rings. The van der Waals surface area contributed by atoms with Crippen molar-refractivity contribution in [3.63, 3.8) is 0 Å². The van der Waals surface area contributed by atoms with E-state index < -0.39 is 0 Å². The molecular formula is C49H34N2. The zero-order chi connectivity index (χ0) is 34.1. The first kappa shape index (κ1) is 29.5. The van der Waals surface area contributed by atoms with Crippen molar-refractivity contribution in [2.75, 3.05) is 0 Å². The summed E-state index contributed by atoms with van der Waals surface area (Å²) in [6.45, 7) is 4.73. The predicted molar refractivity (Wildman–Crippen MR) is 214 cm³/mol. The van der Waals surface area contributed by atoms with E-state index in [1.54, 1.807) is 0 Å². The first-order valence-electron chi connectivity index (χ1n) is 17.7. The monoisotopic (exact) mass is 650 g/mol. The first-order chi connectivity index (χ1) is 25.0. The molecule has 0 fully saturated rings. The second-order valence-electron chi connectivity index (χ2n) is 14.2. The molecule has 51 heavy (non-hydrogen) atoms. The summed E-state index contributed by atoms with van der Waals surface area (Å²) < 4.78 is 0. The molecule has 1 aromatic heterocycles. The lowest BCUT2D eigenvalue weighted by Gasteiger charge is -2.22. The summed E-state index contributed by atoms with van der Waals surface area (Å²) in [5.74, 6) is 0.720. The van der Waals surface area contributed by atoms with Gasteiger partial charge in [-0.2, -0.15) is 0 Å². The quantitative estimate of drug-likeness (QED) is 0.189. The Morgan fingerprint density at radius 1 is 0.373 bits per heavy atom. The minimum Gasteiger partial charge on any atom is -0.228 e. The standard InChI is InChI=1S/C49H34N2/c1-49(2)42-22-12-21-40(47(42)46-36-18-9-8-14-32(36)25-28-43(46)49)39-26-27-41(38-20-11-10-19-37(38)39)48-50-44(33-15-4-3-5-16-33)30-45(51-48)35-24-23-31-13-6-7-17-34(31)29-35/h3-30H,1-2H3. The van der Waals surface area contributed by atoms with E-state index in [0.717, 1.165) is 39.3 Å². The first-order valence-corrected chi connectivity index (χ1v) is 17.7. The number of benzene rings is 8. The second kappa shape index (κ2) is 11.3. The summed E-state index contributed by atoms with van der Waals surface area (Å²) in [5, 5.41) is 7.31. The van der Waals surface area contributed by atoms with Crippen LogP contribution in [0.25, 0.3) is 88.5 Å². The van der Waals surface area contributed by atoms with Crippen molar-refractivity contribution in [1.29, 1.82) is 0 Å². The van der Waals surface area contributed by atoms with Crippen LogP contribution in [0.15, 0.2) is 170 Å². The van der Waals surface area contributed by atoms with Gasteiger partial charge in [0.1, 0.15) is 0 Å². The van der Waals surface area contributed by atoms with E-state index in [1.165, 1.54) is 60.3 Å². The summed E-state index contributed by atoms with van der Waals surface area (Å²) in [4.78, 5) is 10.5. The summed E-state index contributed by atoms with van der Waals surface area (Å²) in [7, 11) is 0. The molecule has 1 heterocycles. The Balaban J connectivity index is 1.20. The van der Waals surface area contributed by atoms with E-state index in [9.17, 15) is 0 Å². The maximum absolute atomic E-state index is 5.29. The van der Waals surface area contributed by atoms with Crippen LogP contribution in [-0.2, 0) is 5.41 Å². The number of hydrogen-bond acceptors (Lipinski definition) is 2. The van der Waals surface area contributed by atoms with Gasteiger partial charge < -0.3 is 0 Å². The lowest BCUT2D eigenvalue weighted by Crippen LogP contribution is -2.14. The van der Waals surface area contributed by atoms with Crippen LogP contribution in [0.2, 0.25) is 0 Å². The average Bonchev–Trinajstić information content (AvgIpc) is 3.43. The van der Waals surface area contributed by atoms with Gasteiger partial charge in [0.25, 0.3) is 0 Å². The molecule has 0 bridgehead atoms. The molecule has 1 aliphatic carbocycles. The van der Waals surface area contributed by atoms with Gasteiger partial charge in [-0.1, -0.05) is 166 Å². The number of rotatable bonds is 4. The van der Waals surface area contributed by atoms with Gasteiger partial charge in [-0.3, -0.25) is 0 Å². The van der Waals surface area contributed by atoms with Crippen LogP contribution in [-0.4, -0.2) is 9.97 Å². The third-order valence-corrected chi connectivity index (χ3v) is 10.9. The number of aromatic nitrogens is 2. The molecule has 0 atom stereocenters. The third-order valence-electron chi connectivity index (χ3n) is 10.9. The van der Waals surface area contributed by atoms with Crippen LogP contribution in [0.1, 0.15) is 25.0 Å². The van der Waals surface area contributed by atoms with Crippen LogP contribution >= 0.6 is 0 Å². The Bertz CT molecular complexity index is 2830. The van der Waals surface area contributed by atoms with Gasteiger partial charge in [0, 0.05) is 22.1 Å². The molecule has 0 saturated carbocycles. The second-order valence-corrected chi connectivity index (χ2v) is 14.2. The van der Waals surface area contributed by atoms with E-state index in [0.29, 0.717) is 0 Å². The highest BCUT2D eigenvalue weighted by Crippen LogP contribution is 2.55. The highest BCUT2D eigenvalue weighted by atomic mass is 14.9. The van der Waals surface area contributed by atoms with E-state index in [-0.39, 0.29) is 5.41 Å². The highest BCUT2D eigenvalue weighted by Gasteiger charge is 2.38. The smallest absolute Gasteiger partial charge is 0.161 e. The minimum atomic E-state index is -0.106. The fraction of sp³-hybridized carbons (Fsp3) is 0.0612. The Kier molecular flexibility index (Phi) is 6.56. The van der Waals surface area contributed by atoms with Crippen LogP contribution in [0.4, 0.5) is 0 Å². The molecular weight excluding hydrogens is 617 g/mol. The molecule has 0 spiro atoms. The summed E-state index contributed by atoms with van der Waals surface area (Å²) >= 11 is 0. The van der Waals surface area contributed by atoms with Gasteiger partial charge in [0.2, 0.25) is 0 Å². The average molecular weight is 651 g/mol. The lowest BCUT2D eigenvalue weighted by molar-refractivity contribution is 0.661. The molecule has 0 saturated heterocycles. The van der Waals surface area contributed by atoms with Gasteiger partial charge >= 0.3 is 0 Å². The normalized spacial score (nSPS) is 13.1. The van der Waals surface area contributed by atoms with E-state index >= 15 is 0 Å². The fourth-order valence-corrected chi connectivity index (χ4v) is 8.32. The van der Waals surface area contributed by atoms with Crippen molar-refractivity contribution in [2.24, 2.45) is 0 Å². The van der Waals surface area contributed by atoms with E-state index in [2.05, 4.69) is 178 Å². The maximum atomic E-state index is 5.29. The zero-order valence-corrected chi connectivity index (χ0v) is 28.6.